The Morgan fingerprint density at radius 1 is 1.22 bits per heavy atom. The van der Waals surface area contributed by atoms with E-state index in [9.17, 15) is 8.42 Å². The number of benzene rings is 1. The molecule has 0 unspecified atom stereocenters. The third kappa shape index (κ3) is 2.75. The summed E-state index contributed by atoms with van der Waals surface area (Å²) in [5, 5.41) is 1.07. The van der Waals surface area contributed by atoms with Crippen LogP contribution < -0.4 is 4.90 Å². The quantitative estimate of drug-likeness (QED) is 0.835. The molecule has 4 rings (SSSR count). The van der Waals surface area contributed by atoms with Gasteiger partial charge in [-0.1, -0.05) is 23.5 Å². The Labute approximate surface area is 141 Å². The van der Waals surface area contributed by atoms with Crippen molar-refractivity contribution in [2.24, 2.45) is 0 Å². The summed E-state index contributed by atoms with van der Waals surface area (Å²) in [6.45, 7) is 4.59. The van der Waals surface area contributed by atoms with Gasteiger partial charge in [-0.15, -0.1) is 0 Å². The van der Waals surface area contributed by atoms with E-state index in [-0.39, 0.29) is 6.04 Å². The fourth-order valence-corrected chi connectivity index (χ4v) is 6.51. The average molecular weight is 351 g/mol. The zero-order valence-corrected chi connectivity index (χ0v) is 14.9. The lowest BCUT2D eigenvalue weighted by Gasteiger charge is -2.35. The van der Waals surface area contributed by atoms with Crippen LogP contribution >= 0.6 is 11.3 Å². The molecule has 2 fully saturated rings. The SMILES string of the molecule is Cc1cccc2nc(N3CCC(N4CCCS4(=O)=O)CC3)sc12. The smallest absolute Gasteiger partial charge is 0.214 e. The van der Waals surface area contributed by atoms with Crippen molar-refractivity contribution in [2.75, 3.05) is 30.3 Å². The van der Waals surface area contributed by atoms with Crippen molar-refractivity contribution in [3.63, 3.8) is 0 Å². The number of aromatic nitrogens is 1. The fourth-order valence-electron chi connectivity index (χ4n) is 3.62. The van der Waals surface area contributed by atoms with Crippen LogP contribution in [0.3, 0.4) is 0 Å². The molecule has 1 aromatic carbocycles. The molecule has 0 amide bonds. The minimum atomic E-state index is -2.99. The van der Waals surface area contributed by atoms with E-state index in [0.717, 1.165) is 43.0 Å². The largest absolute Gasteiger partial charge is 0.348 e. The van der Waals surface area contributed by atoms with Crippen LogP contribution in [0.15, 0.2) is 18.2 Å². The van der Waals surface area contributed by atoms with Gasteiger partial charge in [0.25, 0.3) is 0 Å². The summed E-state index contributed by atoms with van der Waals surface area (Å²) < 4.78 is 27.1. The van der Waals surface area contributed by atoms with Gasteiger partial charge in [-0.05, 0) is 37.8 Å². The molecular weight excluding hydrogens is 330 g/mol. The molecule has 2 aliphatic rings. The number of anilines is 1. The van der Waals surface area contributed by atoms with E-state index in [1.54, 1.807) is 15.6 Å². The van der Waals surface area contributed by atoms with Crippen molar-refractivity contribution in [3.8, 4) is 0 Å². The van der Waals surface area contributed by atoms with Crippen LogP contribution in [-0.2, 0) is 10.0 Å². The van der Waals surface area contributed by atoms with Crippen LogP contribution in [0, 0.1) is 6.92 Å². The van der Waals surface area contributed by atoms with E-state index in [4.69, 9.17) is 4.98 Å². The molecule has 1 aromatic heterocycles. The number of thiazole rings is 1. The lowest BCUT2D eigenvalue weighted by atomic mass is 10.1. The van der Waals surface area contributed by atoms with Crippen molar-refractivity contribution >= 4 is 36.7 Å². The molecule has 7 heteroatoms. The van der Waals surface area contributed by atoms with Crippen LogP contribution in [0.1, 0.15) is 24.8 Å². The molecule has 23 heavy (non-hydrogen) atoms. The number of nitrogens with zero attached hydrogens (tertiary/aromatic N) is 3. The molecule has 2 saturated heterocycles. The van der Waals surface area contributed by atoms with Crippen molar-refractivity contribution in [3.05, 3.63) is 23.8 Å². The molecule has 0 radical (unpaired) electrons. The van der Waals surface area contributed by atoms with Crippen LogP contribution in [0.2, 0.25) is 0 Å². The maximum atomic E-state index is 12.1. The first-order valence-electron chi connectivity index (χ1n) is 8.15. The molecule has 0 aliphatic carbocycles. The molecule has 2 aliphatic heterocycles. The Morgan fingerprint density at radius 2 is 2.00 bits per heavy atom. The van der Waals surface area contributed by atoms with Gasteiger partial charge in [0.05, 0.1) is 16.0 Å². The van der Waals surface area contributed by atoms with E-state index in [1.165, 1.54) is 10.3 Å². The highest BCUT2D eigenvalue weighted by molar-refractivity contribution is 7.89. The second-order valence-electron chi connectivity index (χ2n) is 6.42. The van der Waals surface area contributed by atoms with E-state index < -0.39 is 10.0 Å². The first-order valence-corrected chi connectivity index (χ1v) is 10.6. The number of rotatable bonds is 2. The molecule has 0 bridgehead atoms. The lowest BCUT2D eigenvalue weighted by molar-refractivity contribution is 0.291. The molecule has 2 aromatic rings. The van der Waals surface area contributed by atoms with Gasteiger partial charge in [0.15, 0.2) is 5.13 Å². The Balaban J connectivity index is 1.49. The molecule has 0 spiro atoms. The number of sulfonamides is 1. The number of fused-ring (bicyclic) bond motifs is 1. The fraction of sp³-hybridized carbons (Fsp3) is 0.562. The lowest BCUT2D eigenvalue weighted by Crippen LogP contribution is -2.45. The molecule has 0 N–H and O–H groups in total. The van der Waals surface area contributed by atoms with Crippen molar-refractivity contribution in [1.29, 1.82) is 0 Å². The van der Waals surface area contributed by atoms with E-state index in [0.29, 0.717) is 12.3 Å². The van der Waals surface area contributed by atoms with Crippen LogP contribution in [0.5, 0.6) is 0 Å². The average Bonchev–Trinajstić information content (AvgIpc) is 3.11. The van der Waals surface area contributed by atoms with E-state index >= 15 is 0 Å². The zero-order chi connectivity index (χ0) is 16.0. The summed E-state index contributed by atoms with van der Waals surface area (Å²) in [6.07, 6.45) is 2.57. The zero-order valence-electron chi connectivity index (χ0n) is 13.2. The Bertz CT molecular complexity index is 823. The standard InChI is InChI=1S/C16H21N3O2S2/c1-12-4-2-5-14-15(12)22-16(17-14)18-9-6-13(7-10-18)19-8-3-11-23(19,20)21/h2,4-5,13H,3,6-11H2,1H3. The van der Waals surface area contributed by atoms with Gasteiger partial charge in [-0.25, -0.2) is 13.4 Å². The molecule has 5 nitrogen and oxygen atoms in total. The molecule has 124 valence electrons. The minimum absolute atomic E-state index is 0.176. The maximum absolute atomic E-state index is 12.1. The third-order valence-corrected chi connectivity index (χ3v) is 8.15. The van der Waals surface area contributed by atoms with Crippen molar-refractivity contribution in [1.82, 2.24) is 9.29 Å². The van der Waals surface area contributed by atoms with Gasteiger partial charge < -0.3 is 4.90 Å². The molecular formula is C16H21N3O2S2. The van der Waals surface area contributed by atoms with Gasteiger partial charge in [0.1, 0.15) is 0 Å². The second-order valence-corrected chi connectivity index (χ2v) is 9.44. The molecule has 3 heterocycles. The van der Waals surface area contributed by atoms with Crippen LogP contribution in [-0.4, -0.2) is 49.1 Å². The van der Waals surface area contributed by atoms with Gasteiger partial charge in [0, 0.05) is 25.7 Å². The third-order valence-electron chi connectivity index (χ3n) is 4.88. The number of hydrogen-bond donors (Lipinski definition) is 0. The number of piperidine rings is 1. The molecule has 0 saturated carbocycles. The Hall–Kier alpha value is -1.18. The van der Waals surface area contributed by atoms with Gasteiger partial charge in [-0.2, -0.15) is 4.31 Å². The van der Waals surface area contributed by atoms with Gasteiger partial charge >= 0.3 is 0 Å². The predicted molar refractivity (Wildman–Crippen MR) is 94.7 cm³/mol. The molecule has 0 atom stereocenters. The van der Waals surface area contributed by atoms with Crippen LogP contribution in [0.25, 0.3) is 10.2 Å². The summed E-state index contributed by atoms with van der Waals surface area (Å²) in [6, 6.07) is 6.40. The normalized spacial score (nSPS) is 22.9. The van der Waals surface area contributed by atoms with Gasteiger partial charge in [-0.3, -0.25) is 0 Å². The summed E-state index contributed by atoms with van der Waals surface area (Å²) in [5.74, 6) is 0.324. The van der Waals surface area contributed by atoms with Crippen LogP contribution in [0.4, 0.5) is 5.13 Å². The Morgan fingerprint density at radius 3 is 2.65 bits per heavy atom. The summed E-state index contributed by atoms with van der Waals surface area (Å²) in [5.41, 5.74) is 2.33. The summed E-state index contributed by atoms with van der Waals surface area (Å²) >= 11 is 1.75. The second kappa shape index (κ2) is 5.72. The maximum Gasteiger partial charge on any atom is 0.214 e. The highest BCUT2D eigenvalue weighted by Gasteiger charge is 2.36. The van der Waals surface area contributed by atoms with E-state index in [1.807, 2.05) is 6.07 Å². The number of hydrogen-bond acceptors (Lipinski definition) is 5. The topological polar surface area (TPSA) is 53.5 Å². The first-order chi connectivity index (χ1) is 11.0. The Kier molecular flexibility index (Phi) is 3.82. The predicted octanol–water partition coefficient (Wildman–Crippen LogP) is 2.61. The van der Waals surface area contributed by atoms with Crippen molar-refractivity contribution < 1.29 is 8.42 Å². The van der Waals surface area contributed by atoms with Gasteiger partial charge in [0.2, 0.25) is 10.0 Å². The first kappa shape index (κ1) is 15.4. The van der Waals surface area contributed by atoms with E-state index in [2.05, 4.69) is 24.0 Å². The monoisotopic (exact) mass is 351 g/mol. The summed E-state index contributed by atoms with van der Waals surface area (Å²) in [4.78, 5) is 7.07. The summed E-state index contributed by atoms with van der Waals surface area (Å²) in [7, 11) is -2.99. The van der Waals surface area contributed by atoms with Crippen molar-refractivity contribution in [2.45, 2.75) is 32.2 Å². The highest BCUT2D eigenvalue weighted by Crippen LogP contribution is 2.33. The minimum Gasteiger partial charge on any atom is -0.348 e. The highest BCUT2D eigenvalue weighted by atomic mass is 32.2. The number of aryl methyl sites for hydroxylation is 1.